The minimum atomic E-state index is -3.55. The van der Waals surface area contributed by atoms with E-state index >= 15 is 0 Å². The van der Waals surface area contributed by atoms with Crippen LogP contribution in [0.25, 0.3) is 0 Å². The minimum absolute atomic E-state index is 0.0337. The Hall–Kier alpha value is -1.98. The van der Waals surface area contributed by atoms with Crippen molar-refractivity contribution >= 4 is 55.6 Å². The minimum Gasteiger partial charge on any atom is -0.353 e. The molecule has 0 spiro atoms. The SMILES string of the molecule is CCN(CC)S(=O)(=O)c1ccc(C(=O)CNc2nnc(SCc3ccccc3Cl)s2)cc1. The molecule has 0 bridgehead atoms. The molecule has 0 saturated carbocycles. The molecule has 0 radical (unpaired) electrons. The summed E-state index contributed by atoms with van der Waals surface area (Å²) in [6.45, 7) is 4.40. The second kappa shape index (κ2) is 11.2. The maximum absolute atomic E-state index is 12.6. The average molecular weight is 511 g/mol. The highest BCUT2D eigenvalue weighted by molar-refractivity contribution is 8.00. The number of nitrogens with zero attached hydrogens (tertiary/aromatic N) is 3. The Morgan fingerprint density at radius 3 is 2.44 bits per heavy atom. The van der Waals surface area contributed by atoms with E-state index in [0.717, 1.165) is 9.90 Å². The first-order valence-corrected chi connectivity index (χ1v) is 13.5. The summed E-state index contributed by atoms with van der Waals surface area (Å²) in [5.74, 6) is 0.507. The summed E-state index contributed by atoms with van der Waals surface area (Å²) in [6, 6.07) is 13.6. The quantitative estimate of drug-likeness (QED) is 0.292. The summed E-state index contributed by atoms with van der Waals surface area (Å²) in [7, 11) is -3.55. The van der Waals surface area contributed by atoms with Gasteiger partial charge in [-0.15, -0.1) is 10.2 Å². The zero-order chi connectivity index (χ0) is 23.1. The van der Waals surface area contributed by atoms with Crippen LogP contribution < -0.4 is 5.32 Å². The Morgan fingerprint density at radius 2 is 1.78 bits per heavy atom. The highest BCUT2D eigenvalue weighted by atomic mass is 35.5. The number of rotatable bonds is 11. The van der Waals surface area contributed by atoms with E-state index in [1.807, 2.05) is 24.3 Å². The summed E-state index contributed by atoms with van der Waals surface area (Å²) >= 11 is 9.05. The molecule has 0 aliphatic heterocycles. The van der Waals surface area contributed by atoms with Gasteiger partial charge >= 0.3 is 0 Å². The molecular weight excluding hydrogens is 488 g/mol. The van der Waals surface area contributed by atoms with E-state index in [9.17, 15) is 13.2 Å². The molecule has 3 aromatic rings. The molecule has 1 aromatic heterocycles. The fraction of sp³-hybridized carbons (Fsp3) is 0.286. The molecule has 1 N–H and O–H groups in total. The lowest BCUT2D eigenvalue weighted by Gasteiger charge is -2.18. The van der Waals surface area contributed by atoms with Crippen molar-refractivity contribution in [2.45, 2.75) is 28.8 Å². The number of anilines is 1. The van der Waals surface area contributed by atoms with Crippen molar-refractivity contribution in [2.24, 2.45) is 0 Å². The number of hydrogen-bond acceptors (Lipinski definition) is 8. The van der Waals surface area contributed by atoms with Crippen LogP contribution in [0.2, 0.25) is 5.02 Å². The van der Waals surface area contributed by atoms with Crippen LogP contribution in [0, 0.1) is 0 Å². The van der Waals surface area contributed by atoms with Crippen molar-refractivity contribution in [3.05, 3.63) is 64.7 Å². The van der Waals surface area contributed by atoms with E-state index in [4.69, 9.17) is 11.6 Å². The Bertz CT molecular complexity index is 1160. The number of Topliss-reactive ketones (excluding diaryl/α,β-unsaturated/α-hetero) is 1. The van der Waals surface area contributed by atoms with E-state index < -0.39 is 10.0 Å². The van der Waals surface area contributed by atoms with Gasteiger partial charge < -0.3 is 5.32 Å². The van der Waals surface area contributed by atoms with E-state index in [2.05, 4.69) is 15.5 Å². The lowest BCUT2D eigenvalue weighted by molar-refractivity contribution is 0.101. The van der Waals surface area contributed by atoms with Gasteiger partial charge in [0.25, 0.3) is 0 Å². The number of thioether (sulfide) groups is 1. The van der Waals surface area contributed by atoms with Gasteiger partial charge in [0.15, 0.2) is 10.1 Å². The number of halogens is 1. The number of hydrogen-bond donors (Lipinski definition) is 1. The maximum atomic E-state index is 12.6. The Balaban J connectivity index is 1.55. The van der Waals surface area contributed by atoms with Gasteiger partial charge in [0.05, 0.1) is 11.4 Å². The molecule has 0 atom stereocenters. The lowest BCUT2D eigenvalue weighted by atomic mass is 10.1. The first kappa shape index (κ1) is 24.7. The maximum Gasteiger partial charge on any atom is 0.243 e. The van der Waals surface area contributed by atoms with Gasteiger partial charge in [0.2, 0.25) is 15.2 Å². The zero-order valence-electron chi connectivity index (χ0n) is 17.6. The Labute approximate surface area is 201 Å². The van der Waals surface area contributed by atoms with Crippen LogP contribution in [-0.4, -0.2) is 48.3 Å². The summed E-state index contributed by atoms with van der Waals surface area (Å²) in [4.78, 5) is 12.7. The molecule has 170 valence electrons. The third-order valence-electron chi connectivity index (χ3n) is 4.64. The van der Waals surface area contributed by atoms with Crippen LogP contribution in [0.4, 0.5) is 5.13 Å². The standard InChI is InChI=1S/C21H23ClN4O3S3/c1-3-26(4-2)32(28,29)17-11-9-15(10-12-17)19(27)13-23-20-24-25-21(31-20)30-14-16-7-5-6-8-18(16)22/h5-12H,3-4,13-14H2,1-2H3,(H,23,24). The summed E-state index contributed by atoms with van der Waals surface area (Å²) < 4.78 is 27.3. The van der Waals surface area contributed by atoms with Crippen LogP contribution in [0.3, 0.4) is 0 Å². The van der Waals surface area contributed by atoms with E-state index in [1.54, 1.807) is 13.8 Å². The Morgan fingerprint density at radius 1 is 1.09 bits per heavy atom. The van der Waals surface area contributed by atoms with Gasteiger partial charge in [0, 0.05) is 29.4 Å². The molecule has 0 amide bonds. The van der Waals surface area contributed by atoms with Crippen molar-refractivity contribution in [2.75, 3.05) is 25.0 Å². The van der Waals surface area contributed by atoms with Gasteiger partial charge in [-0.05, 0) is 35.9 Å². The molecule has 1 heterocycles. The number of aromatic nitrogens is 2. The second-order valence-electron chi connectivity index (χ2n) is 6.64. The van der Waals surface area contributed by atoms with Gasteiger partial charge in [0.1, 0.15) is 0 Å². The van der Waals surface area contributed by atoms with Gasteiger partial charge in [-0.3, -0.25) is 4.79 Å². The van der Waals surface area contributed by atoms with Crippen molar-refractivity contribution in [3.63, 3.8) is 0 Å². The fourth-order valence-electron chi connectivity index (χ4n) is 2.88. The van der Waals surface area contributed by atoms with Crippen LogP contribution in [0.5, 0.6) is 0 Å². The van der Waals surface area contributed by atoms with E-state index in [1.165, 1.54) is 51.7 Å². The number of benzene rings is 2. The van der Waals surface area contributed by atoms with Crippen LogP contribution in [-0.2, 0) is 15.8 Å². The predicted molar refractivity (Wildman–Crippen MR) is 130 cm³/mol. The number of carbonyl (C=O) groups excluding carboxylic acids is 1. The van der Waals surface area contributed by atoms with Crippen LogP contribution in [0.1, 0.15) is 29.8 Å². The summed E-state index contributed by atoms with van der Waals surface area (Å²) in [5.41, 5.74) is 1.44. The predicted octanol–water partition coefficient (Wildman–Crippen LogP) is 4.81. The first-order valence-electron chi connectivity index (χ1n) is 9.92. The summed E-state index contributed by atoms with van der Waals surface area (Å²) in [6.07, 6.45) is 0. The zero-order valence-corrected chi connectivity index (χ0v) is 20.8. The molecular formula is C21H23ClN4O3S3. The number of ketones is 1. The smallest absolute Gasteiger partial charge is 0.243 e. The fourth-order valence-corrected chi connectivity index (χ4v) is 6.37. The van der Waals surface area contributed by atoms with Gasteiger partial charge in [-0.25, -0.2) is 8.42 Å². The monoisotopic (exact) mass is 510 g/mol. The summed E-state index contributed by atoms with van der Waals surface area (Å²) in [5, 5.41) is 12.4. The van der Waals surface area contributed by atoms with Crippen LogP contribution >= 0.6 is 34.7 Å². The number of nitrogens with one attached hydrogen (secondary N) is 1. The van der Waals surface area contributed by atoms with Crippen LogP contribution in [0.15, 0.2) is 57.8 Å². The van der Waals surface area contributed by atoms with Gasteiger partial charge in [-0.1, -0.05) is 66.7 Å². The highest BCUT2D eigenvalue weighted by Gasteiger charge is 2.21. The van der Waals surface area contributed by atoms with E-state index in [0.29, 0.717) is 34.6 Å². The molecule has 32 heavy (non-hydrogen) atoms. The third-order valence-corrected chi connectivity index (χ3v) is 9.13. The molecule has 0 fully saturated rings. The molecule has 0 saturated heterocycles. The molecule has 2 aromatic carbocycles. The first-order chi connectivity index (χ1) is 15.3. The average Bonchev–Trinajstić information content (AvgIpc) is 3.25. The number of sulfonamides is 1. The third kappa shape index (κ3) is 6.08. The van der Waals surface area contributed by atoms with Gasteiger partial charge in [-0.2, -0.15) is 4.31 Å². The largest absolute Gasteiger partial charge is 0.353 e. The van der Waals surface area contributed by atoms with Crippen molar-refractivity contribution in [3.8, 4) is 0 Å². The van der Waals surface area contributed by atoms with Crippen molar-refractivity contribution in [1.29, 1.82) is 0 Å². The molecule has 7 nitrogen and oxygen atoms in total. The molecule has 0 aliphatic carbocycles. The van der Waals surface area contributed by atoms with Crippen molar-refractivity contribution in [1.82, 2.24) is 14.5 Å². The molecule has 0 unspecified atom stereocenters. The lowest BCUT2D eigenvalue weighted by Crippen LogP contribution is -2.30. The normalized spacial score (nSPS) is 11.6. The van der Waals surface area contributed by atoms with Crippen molar-refractivity contribution < 1.29 is 13.2 Å². The second-order valence-corrected chi connectivity index (χ2v) is 11.2. The molecule has 3 rings (SSSR count). The topological polar surface area (TPSA) is 92.3 Å². The Kier molecular flexibility index (Phi) is 8.66. The van der Waals surface area contributed by atoms with E-state index in [-0.39, 0.29) is 17.2 Å². The highest BCUT2D eigenvalue weighted by Crippen LogP contribution is 2.30. The molecule has 11 heteroatoms. The number of carbonyl (C=O) groups is 1. The molecule has 0 aliphatic rings.